The summed E-state index contributed by atoms with van der Waals surface area (Å²) in [7, 11) is 4.53. The smallest absolute Gasteiger partial charge is 0.415 e. The van der Waals surface area contributed by atoms with Crippen LogP contribution in [-0.2, 0) is 13.0 Å². The number of rotatable bonds is 10. The minimum absolute atomic E-state index is 0.0443. The van der Waals surface area contributed by atoms with E-state index in [0.717, 1.165) is 12.8 Å². The molecule has 0 aliphatic rings. The molecule has 0 aliphatic carbocycles. The Bertz CT molecular complexity index is 1480. The van der Waals surface area contributed by atoms with E-state index in [9.17, 15) is 14.7 Å². The van der Waals surface area contributed by atoms with Crippen molar-refractivity contribution in [1.29, 1.82) is 0 Å². The maximum Gasteiger partial charge on any atom is 0.415 e. The lowest BCUT2D eigenvalue weighted by Gasteiger charge is -2.18. The van der Waals surface area contributed by atoms with Crippen LogP contribution >= 0.6 is 0 Å². The number of unbranched alkanes of at least 4 members (excludes halogenated alkanes) is 1. The maximum absolute atomic E-state index is 13.2. The van der Waals surface area contributed by atoms with Crippen molar-refractivity contribution in [1.82, 2.24) is 20.1 Å². The van der Waals surface area contributed by atoms with Gasteiger partial charge in [0.25, 0.3) is 11.4 Å². The van der Waals surface area contributed by atoms with E-state index < -0.39 is 11.7 Å². The maximum atomic E-state index is 13.2. The summed E-state index contributed by atoms with van der Waals surface area (Å²) < 4.78 is 22.1. The summed E-state index contributed by atoms with van der Waals surface area (Å²) in [5.41, 5.74) is 0.547. The predicted molar refractivity (Wildman–Crippen MR) is 143 cm³/mol. The average molecular weight is 535 g/mol. The van der Waals surface area contributed by atoms with E-state index in [1.54, 1.807) is 42.5 Å². The molecule has 0 unspecified atom stereocenters. The first-order valence-electron chi connectivity index (χ1n) is 12.4. The van der Waals surface area contributed by atoms with Crippen LogP contribution in [0.4, 0.5) is 4.79 Å². The van der Waals surface area contributed by atoms with Gasteiger partial charge < -0.3 is 33.6 Å². The van der Waals surface area contributed by atoms with Crippen LogP contribution in [0.15, 0.2) is 57.7 Å². The molecule has 204 valence electrons. The average Bonchev–Trinajstić information content (AvgIpc) is 3.39. The quantitative estimate of drug-likeness (QED) is 0.294. The van der Waals surface area contributed by atoms with E-state index in [1.165, 1.54) is 26.2 Å². The monoisotopic (exact) mass is 534 g/mol. The Balaban J connectivity index is 1.72. The number of pyridine rings is 1. The van der Waals surface area contributed by atoms with Gasteiger partial charge in [0.15, 0.2) is 0 Å². The van der Waals surface area contributed by atoms with Crippen molar-refractivity contribution < 1.29 is 28.5 Å². The molecule has 2 N–H and O–H groups in total. The number of methoxy groups -OCH3 is 2. The van der Waals surface area contributed by atoms with Gasteiger partial charge >= 0.3 is 6.09 Å². The Morgan fingerprint density at radius 1 is 1.00 bits per heavy atom. The van der Waals surface area contributed by atoms with Crippen molar-refractivity contribution >= 4 is 6.09 Å². The lowest BCUT2D eigenvalue weighted by atomic mass is 9.96. The summed E-state index contributed by atoms with van der Waals surface area (Å²) in [4.78, 5) is 29.7. The van der Waals surface area contributed by atoms with Crippen molar-refractivity contribution in [3.05, 3.63) is 70.5 Å². The molecule has 0 aliphatic heterocycles. The Kier molecular flexibility index (Phi) is 8.50. The molecule has 0 spiro atoms. The lowest BCUT2D eigenvalue weighted by molar-refractivity contribution is 0.156. The zero-order chi connectivity index (χ0) is 27.9. The largest absolute Gasteiger partial charge is 0.506 e. The molecule has 4 rings (SSSR count). The van der Waals surface area contributed by atoms with Crippen molar-refractivity contribution in [2.75, 3.05) is 21.3 Å². The van der Waals surface area contributed by atoms with Gasteiger partial charge in [0, 0.05) is 12.7 Å². The number of amides is 1. The van der Waals surface area contributed by atoms with Crippen LogP contribution in [0.1, 0.15) is 31.4 Å². The van der Waals surface area contributed by atoms with E-state index >= 15 is 0 Å². The molecule has 2 aromatic heterocycles. The number of para-hydroxylation sites is 1. The fraction of sp³-hybridized carbons (Fsp3) is 0.286. The number of ether oxygens (including phenoxy) is 3. The topological polar surface area (TPSA) is 140 Å². The number of aryl methyl sites for hydroxylation is 1. The molecule has 0 bridgehead atoms. The first-order chi connectivity index (χ1) is 18.9. The summed E-state index contributed by atoms with van der Waals surface area (Å²) in [5.74, 6) is 0.781. The molecule has 0 atom stereocenters. The Labute approximate surface area is 225 Å². The van der Waals surface area contributed by atoms with Gasteiger partial charge in [-0.1, -0.05) is 37.6 Å². The standard InChI is InChI=1S/C28H30N4O7/c1-5-6-13-18-22(23-19(36-3)14-10-15-20(23)37-4)25(33)24(26(34)29-18)27-31-30-21(39-27)16-32(2)28(35)38-17-11-8-7-9-12-17/h7-12,14-15H,5-6,13,16H2,1-4H3,(H2,29,33,34). The number of carbonyl (C=O) groups is 1. The van der Waals surface area contributed by atoms with Gasteiger partial charge in [-0.2, -0.15) is 0 Å². The molecule has 11 heteroatoms. The summed E-state index contributed by atoms with van der Waals surface area (Å²) in [5, 5.41) is 19.4. The van der Waals surface area contributed by atoms with Gasteiger partial charge in [-0.25, -0.2) is 4.79 Å². The van der Waals surface area contributed by atoms with Crippen LogP contribution in [-0.4, -0.2) is 52.5 Å². The highest BCUT2D eigenvalue weighted by atomic mass is 16.6. The Morgan fingerprint density at radius 3 is 2.33 bits per heavy atom. The van der Waals surface area contributed by atoms with Crippen LogP contribution < -0.4 is 19.8 Å². The molecule has 0 saturated carbocycles. The fourth-order valence-electron chi connectivity index (χ4n) is 4.10. The zero-order valence-electron chi connectivity index (χ0n) is 22.2. The molecule has 1 amide bonds. The molecule has 2 heterocycles. The Hall–Kier alpha value is -4.80. The van der Waals surface area contributed by atoms with E-state index in [1.807, 2.05) is 13.0 Å². The molecule has 0 fully saturated rings. The number of nitrogens with zero attached hydrogens (tertiary/aromatic N) is 3. The molecule has 11 nitrogen and oxygen atoms in total. The summed E-state index contributed by atoms with van der Waals surface area (Å²) in [6.07, 6.45) is 1.52. The van der Waals surface area contributed by atoms with E-state index in [4.69, 9.17) is 18.6 Å². The number of aromatic nitrogens is 3. The number of aromatic hydroxyl groups is 1. The number of H-pyrrole nitrogens is 1. The van der Waals surface area contributed by atoms with Gasteiger partial charge in [-0.05, 0) is 37.1 Å². The van der Waals surface area contributed by atoms with Crippen LogP contribution in [0, 0.1) is 0 Å². The lowest BCUT2D eigenvalue weighted by Crippen LogP contribution is -2.29. The first kappa shape index (κ1) is 27.2. The van der Waals surface area contributed by atoms with E-state index in [0.29, 0.717) is 40.5 Å². The first-order valence-corrected chi connectivity index (χ1v) is 12.4. The number of benzene rings is 2. The third kappa shape index (κ3) is 5.87. The van der Waals surface area contributed by atoms with Crippen molar-refractivity contribution in [3.63, 3.8) is 0 Å². The highest BCUT2D eigenvalue weighted by Gasteiger charge is 2.27. The minimum Gasteiger partial charge on any atom is -0.506 e. The number of carbonyl (C=O) groups excluding carboxylic acids is 1. The van der Waals surface area contributed by atoms with Crippen molar-refractivity contribution in [2.45, 2.75) is 32.7 Å². The normalized spacial score (nSPS) is 10.8. The van der Waals surface area contributed by atoms with Gasteiger partial charge in [0.1, 0.15) is 35.1 Å². The van der Waals surface area contributed by atoms with Crippen molar-refractivity contribution in [3.8, 4) is 45.6 Å². The molecule has 0 saturated heterocycles. The molecule has 39 heavy (non-hydrogen) atoms. The fourth-order valence-corrected chi connectivity index (χ4v) is 4.10. The highest BCUT2D eigenvalue weighted by molar-refractivity contribution is 5.87. The van der Waals surface area contributed by atoms with Crippen LogP contribution in [0.3, 0.4) is 0 Å². The van der Waals surface area contributed by atoms with Gasteiger partial charge in [-0.3, -0.25) is 4.79 Å². The predicted octanol–water partition coefficient (Wildman–Crippen LogP) is 4.79. The number of aromatic amines is 1. The molecule has 0 radical (unpaired) electrons. The van der Waals surface area contributed by atoms with Crippen LogP contribution in [0.2, 0.25) is 0 Å². The highest BCUT2D eigenvalue weighted by Crippen LogP contribution is 2.46. The number of nitrogens with one attached hydrogen (secondary N) is 1. The van der Waals surface area contributed by atoms with Gasteiger partial charge in [0.05, 0.1) is 25.3 Å². The Morgan fingerprint density at radius 2 is 1.69 bits per heavy atom. The second-order valence-electron chi connectivity index (χ2n) is 8.71. The van der Waals surface area contributed by atoms with Crippen molar-refractivity contribution in [2.24, 2.45) is 0 Å². The van der Waals surface area contributed by atoms with Crippen LogP contribution in [0.5, 0.6) is 23.0 Å². The van der Waals surface area contributed by atoms with Crippen LogP contribution in [0.25, 0.3) is 22.6 Å². The molecular weight excluding hydrogens is 504 g/mol. The molecular formula is C28H30N4O7. The van der Waals surface area contributed by atoms with Gasteiger partial charge in [-0.15, -0.1) is 10.2 Å². The number of hydrogen-bond acceptors (Lipinski definition) is 9. The zero-order valence-corrected chi connectivity index (χ0v) is 22.2. The molecule has 4 aromatic rings. The number of hydrogen-bond donors (Lipinski definition) is 2. The third-order valence-electron chi connectivity index (χ3n) is 6.04. The minimum atomic E-state index is -0.632. The SMILES string of the molecule is CCCCc1[nH]c(=O)c(-c2nnc(CN(C)C(=O)Oc3ccccc3)o2)c(O)c1-c1c(OC)cccc1OC. The summed E-state index contributed by atoms with van der Waals surface area (Å²) >= 11 is 0. The summed E-state index contributed by atoms with van der Waals surface area (Å²) in [6.45, 7) is 1.95. The second kappa shape index (κ2) is 12.2. The summed E-state index contributed by atoms with van der Waals surface area (Å²) in [6, 6.07) is 13.9. The van der Waals surface area contributed by atoms with Gasteiger partial charge in [0.2, 0.25) is 5.89 Å². The van der Waals surface area contributed by atoms with E-state index in [-0.39, 0.29) is 29.6 Å². The van der Waals surface area contributed by atoms with E-state index in [2.05, 4.69) is 15.2 Å². The molecule has 2 aromatic carbocycles. The third-order valence-corrected chi connectivity index (χ3v) is 6.04. The second-order valence-corrected chi connectivity index (χ2v) is 8.71.